The Kier molecular flexibility index (Phi) is 9.07. The van der Waals surface area contributed by atoms with Gasteiger partial charge in [0.05, 0.1) is 25.1 Å². The van der Waals surface area contributed by atoms with Gasteiger partial charge in [-0.15, -0.1) is 0 Å². The molecule has 2 aromatic heterocycles. The number of aromatic nitrogens is 4. The maximum absolute atomic E-state index is 13.3. The minimum atomic E-state index is -0.563. The van der Waals surface area contributed by atoms with Gasteiger partial charge in [-0.2, -0.15) is 4.98 Å². The van der Waals surface area contributed by atoms with E-state index in [0.717, 1.165) is 26.4 Å². The molecule has 3 aromatic carbocycles. The molecule has 0 saturated carbocycles. The molecular weight excluding hydrogens is 733 g/mol. The maximum atomic E-state index is 13.3. The van der Waals surface area contributed by atoms with Gasteiger partial charge in [0.25, 0.3) is 16.7 Å². The highest BCUT2D eigenvalue weighted by atomic mass is 79.9. The van der Waals surface area contributed by atoms with E-state index in [9.17, 15) is 19.2 Å². The summed E-state index contributed by atoms with van der Waals surface area (Å²) >= 11 is 16.8. The Morgan fingerprint density at radius 2 is 1.66 bits per heavy atom. The number of thioether (sulfide) groups is 1. The van der Waals surface area contributed by atoms with Crippen molar-refractivity contribution in [3.63, 3.8) is 0 Å². The van der Waals surface area contributed by atoms with E-state index in [0.29, 0.717) is 21.2 Å². The zero-order valence-corrected chi connectivity index (χ0v) is 28.9. The lowest BCUT2D eigenvalue weighted by molar-refractivity contribution is -0.123. The van der Waals surface area contributed by atoms with Gasteiger partial charge in [0, 0.05) is 28.6 Å². The lowest BCUT2D eigenvalue weighted by atomic mass is 10.1. The number of rotatable bonds is 8. The quantitative estimate of drug-likeness (QED) is 0.163. The topological polar surface area (TPSA) is 118 Å². The van der Waals surface area contributed by atoms with Crippen molar-refractivity contribution in [3.8, 4) is 17.5 Å². The Balaban J connectivity index is 1.34. The molecule has 0 atom stereocenters. The van der Waals surface area contributed by atoms with Crippen LogP contribution in [0.2, 0.25) is 10.0 Å². The number of hydrogen-bond donors (Lipinski definition) is 0. The van der Waals surface area contributed by atoms with Crippen LogP contribution in [0.3, 0.4) is 0 Å². The van der Waals surface area contributed by atoms with Gasteiger partial charge < -0.3 is 9.47 Å². The molecule has 0 N–H and O–H groups in total. The molecular formula is C32H24BrCl2N5O6S. The standard InChI is InChI=1S/C32H24BrCl2N5O6S/c1-37-27-26(29(42)38(2)31(37)43)39(16-19-7-10-21(34)14-22(19)35)30(36-27)46-23-11-6-18(12-24(23)45-3)13-25-28(41)40(32(44)47-25)15-17-4-8-20(33)9-5-17/h4-14H,15-16H2,1-3H3/b25-13-. The van der Waals surface area contributed by atoms with Crippen LogP contribution in [0.15, 0.2) is 79.6 Å². The minimum Gasteiger partial charge on any atom is -0.493 e. The number of fused-ring (bicyclic) bond motifs is 1. The number of halogens is 3. The zero-order chi connectivity index (χ0) is 33.6. The van der Waals surface area contributed by atoms with Crippen molar-refractivity contribution in [2.45, 2.75) is 13.1 Å². The second-order valence-corrected chi connectivity index (χ2v) is 13.3. The van der Waals surface area contributed by atoms with Crippen LogP contribution in [0.1, 0.15) is 16.7 Å². The SMILES string of the molecule is COc1cc(/C=C2\SC(=O)N(Cc3ccc(Br)cc3)C2=O)ccc1Oc1nc2c(c(=O)n(C)c(=O)n2C)n1Cc1ccc(Cl)cc1Cl. The Morgan fingerprint density at radius 3 is 2.36 bits per heavy atom. The number of hydrogen-bond acceptors (Lipinski definition) is 8. The van der Waals surface area contributed by atoms with Gasteiger partial charge in [-0.05, 0) is 70.9 Å². The number of methoxy groups -OCH3 is 1. The van der Waals surface area contributed by atoms with Crippen molar-refractivity contribution in [2.75, 3.05) is 7.11 Å². The summed E-state index contributed by atoms with van der Waals surface area (Å²) in [7, 11) is 4.35. The van der Waals surface area contributed by atoms with Crippen molar-refractivity contribution in [1.29, 1.82) is 0 Å². The van der Waals surface area contributed by atoms with Crippen molar-refractivity contribution < 1.29 is 19.1 Å². The third-order valence-corrected chi connectivity index (χ3v) is 9.49. The molecule has 0 bridgehead atoms. The third-order valence-electron chi connectivity index (χ3n) is 7.47. The first kappa shape index (κ1) is 32.6. The predicted molar refractivity (Wildman–Crippen MR) is 185 cm³/mol. The summed E-state index contributed by atoms with van der Waals surface area (Å²) in [5.74, 6) is 0.135. The average molecular weight is 757 g/mol. The summed E-state index contributed by atoms with van der Waals surface area (Å²) in [5, 5.41) is 0.453. The van der Waals surface area contributed by atoms with Crippen LogP contribution in [0.25, 0.3) is 17.2 Å². The molecule has 1 fully saturated rings. The Bertz CT molecular complexity index is 2250. The number of ether oxygens (including phenoxy) is 2. The summed E-state index contributed by atoms with van der Waals surface area (Å²) in [6.07, 6.45) is 1.61. The highest BCUT2D eigenvalue weighted by molar-refractivity contribution is 9.10. The second kappa shape index (κ2) is 13.1. The van der Waals surface area contributed by atoms with Crippen LogP contribution < -0.4 is 20.7 Å². The van der Waals surface area contributed by atoms with Crippen molar-refractivity contribution in [2.24, 2.45) is 14.1 Å². The molecule has 1 aliphatic rings. The van der Waals surface area contributed by atoms with E-state index in [1.54, 1.807) is 42.5 Å². The number of imide groups is 1. The number of aryl methyl sites for hydroxylation is 1. The molecule has 11 nitrogen and oxygen atoms in total. The predicted octanol–water partition coefficient (Wildman–Crippen LogP) is 6.59. The third kappa shape index (κ3) is 6.35. The molecule has 0 aliphatic carbocycles. The molecule has 2 amide bonds. The molecule has 0 radical (unpaired) electrons. The van der Waals surface area contributed by atoms with Gasteiger partial charge in [0.2, 0.25) is 0 Å². The first-order valence-electron chi connectivity index (χ1n) is 13.9. The van der Waals surface area contributed by atoms with Crippen LogP contribution in [-0.2, 0) is 32.0 Å². The monoisotopic (exact) mass is 755 g/mol. The van der Waals surface area contributed by atoms with E-state index >= 15 is 0 Å². The van der Waals surface area contributed by atoms with Gasteiger partial charge in [0.1, 0.15) is 0 Å². The zero-order valence-electron chi connectivity index (χ0n) is 25.0. The fourth-order valence-corrected chi connectivity index (χ4v) is 6.56. The second-order valence-electron chi connectivity index (χ2n) is 10.5. The van der Waals surface area contributed by atoms with Crippen LogP contribution in [-0.4, -0.2) is 41.8 Å². The lowest BCUT2D eigenvalue weighted by Crippen LogP contribution is -2.37. The van der Waals surface area contributed by atoms with Gasteiger partial charge >= 0.3 is 11.7 Å². The van der Waals surface area contributed by atoms with Crippen LogP contribution in [0.5, 0.6) is 17.5 Å². The maximum Gasteiger partial charge on any atom is 0.332 e. The fraction of sp³-hybridized carbons (Fsp3) is 0.156. The molecule has 1 saturated heterocycles. The van der Waals surface area contributed by atoms with Gasteiger partial charge in [-0.3, -0.25) is 33.0 Å². The molecule has 6 rings (SSSR count). The molecule has 1 aliphatic heterocycles. The van der Waals surface area contributed by atoms with E-state index in [4.69, 9.17) is 32.7 Å². The fourth-order valence-electron chi connectivity index (χ4n) is 4.99. The molecule has 47 heavy (non-hydrogen) atoms. The summed E-state index contributed by atoms with van der Waals surface area (Å²) in [4.78, 5) is 57.9. The molecule has 5 aromatic rings. The van der Waals surface area contributed by atoms with E-state index in [1.807, 2.05) is 24.3 Å². The molecule has 240 valence electrons. The first-order chi connectivity index (χ1) is 22.4. The summed E-state index contributed by atoms with van der Waals surface area (Å²) in [5.41, 5.74) is 1.17. The number of amides is 2. The van der Waals surface area contributed by atoms with Crippen LogP contribution >= 0.6 is 50.9 Å². The number of nitrogens with zero attached hydrogens (tertiary/aromatic N) is 5. The van der Waals surface area contributed by atoms with E-state index in [2.05, 4.69) is 20.9 Å². The van der Waals surface area contributed by atoms with Crippen LogP contribution in [0, 0.1) is 0 Å². The highest BCUT2D eigenvalue weighted by Crippen LogP contribution is 2.37. The smallest absolute Gasteiger partial charge is 0.332 e. The number of imidazole rings is 1. The number of carbonyl (C=O) groups is 2. The summed E-state index contributed by atoms with van der Waals surface area (Å²) in [6, 6.07) is 17.3. The Morgan fingerprint density at radius 1 is 0.915 bits per heavy atom. The Labute approximate surface area is 290 Å². The van der Waals surface area contributed by atoms with E-state index in [-0.39, 0.29) is 51.9 Å². The van der Waals surface area contributed by atoms with Crippen molar-refractivity contribution in [3.05, 3.63) is 118 Å². The lowest BCUT2D eigenvalue weighted by Gasteiger charge is -2.14. The van der Waals surface area contributed by atoms with Gasteiger partial charge in [0.15, 0.2) is 22.7 Å². The molecule has 3 heterocycles. The molecule has 0 spiro atoms. The normalized spacial score (nSPS) is 14.1. The van der Waals surface area contributed by atoms with E-state index < -0.39 is 17.2 Å². The molecule has 15 heteroatoms. The first-order valence-corrected chi connectivity index (χ1v) is 16.3. The minimum absolute atomic E-state index is 0.00410. The van der Waals surface area contributed by atoms with Gasteiger partial charge in [-0.25, -0.2) is 4.79 Å². The van der Waals surface area contributed by atoms with Crippen LogP contribution in [0.4, 0.5) is 4.79 Å². The number of benzene rings is 3. The Hall–Kier alpha value is -4.30. The largest absolute Gasteiger partial charge is 0.493 e. The van der Waals surface area contributed by atoms with E-state index in [1.165, 1.54) is 35.2 Å². The number of carbonyl (C=O) groups excluding carboxylic acids is 2. The average Bonchev–Trinajstić information content (AvgIpc) is 3.53. The summed E-state index contributed by atoms with van der Waals surface area (Å²) < 4.78 is 16.5. The summed E-state index contributed by atoms with van der Waals surface area (Å²) in [6.45, 7) is 0.230. The van der Waals surface area contributed by atoms with Gasteiger partial charge in [-0.1, -0.05) is 63.4 Å². The highest BCUT2D eigenvalue weighted by Gasteiger charge is 2.35. The van der Waals surface area contributed by atoms with Crippen molar-refractivity contribution in [1.82, 2.24) is 23.6 Å². The van der Waals surface area contributed by atoms with Crippen molar-refractivity contribution >= 4 is 79.3 Å². The molecule has 0 unspecified atom stereocenters.